The first-order valence-corrected chi connectivity index (χ1v) is 14.5. The third kappa shape index (κ3) is 6.38. The number of nitro benzene ring substituents is 1. The molecule has 12 heteroatoms. The zero-order chi connectivity index (χ0) is 29.1. The van der Waals surface area contributed by atoms with Crippen LogP contribution in [0.15, 0.2) is 65.6 Å². The lowest BCUT2D eigenvalue weighted by atomic mass is 10.00. The third-order valence-corrected chi connectivity index (χ3v) is 8.41. The summed E-state index contributed by atoms with van der Waals surface area (Å²) in [7, 11) is 1.48. The molecule has 0 N–H and O–H groups in total. The molecule has 1 saturated heterocycles. The van der Waals surface area contributed by atoms with E-state index < -0.39 is 16.1 Å². The van der Waals surface area contributed by atoms with E-state index in [0.717, 1.165) is 28.6 Å². The fourth-order valence-electron chi connectivity index (χ4n) is 4.61. The Labute approximate surface area is 253 Å². The summed E-state index contributed by atoms with van der Waals surface area (Å²) in [5.41, 5.74) is 3.48. The quantitative estimate of drug-likeness (QED) is 0.134. The minimum Gasteiger partial charge on any atom is -0.493 e. The fraction of sp³-hybridized carbons (Fsp3) is 0.207. The first kappa shape index (κ1) is 28.6. The van der Waals surface area contributed by atoms with Gasteiger partial charge in [-0.1, -0.05) is 36.4 Å². The van der Waals surface area contributed by atoms with Gasteiger partial charge in [-0.05, 0) is 81.2 Å². The van der Waals surface area contributed by atoms with Gasteiger partial charge in [-0.15, -0.1) is 0 Å². The van der Waals surface area contributed by atoms with Crippen LogP contribution in [0.5, 0.6) is 11.5 Å². The number of rotatable bonds is 8. The van der Waals surface area contributed by atoms with Crippen LogP contribution >= 0.6 is 34.4 Å². The molecule has 0 atom stereocenters. The molecule has 0 unspecified atom stereocenters. The average molecular weight is 685 g/mol. The number of thioether (sulfide) groups is 1. The highest BCUT2D eigenvalue weighted by Gasteiger charge is 2.37. The van der Waals surface area contributed by atoms with E-state index in [1.807, 2.05) is 24.3 Å². The number of fused-ring (bicyclic) bond motifs is 1. The van der Waals surface area contributed by atoms with Crippen LogP contribution < -0.4 is 9.47 Å². The fourth-order valence-corrected chi connectivity index (χ4v) is 6.23. The van der Waals surface area contributed by atoms with Crippen LogP contribution in [0.3, 0.4) is 0 Å². The number of carbonyl (C=O) groups is 3. The maximum atomic E-state index is 13.1. The van der Waals surface area contributed by atoms with Gasteiger partial charge in [0.25, 0.3) is 16.8 Å². The van der Waals surface area contributed by atoms with E-state index in [2.05, 4.69) is 22.6 Å². The predicted octanol–water partition coefficient (Wildman–Crippen LogP) is 5.41. The third-order valence-electron chi connectivity index (χ3n) is 6.70. The summed E-state index contributed by atoms with van der Waals surface area (Å²) < 4.78 is 12.1. The van der Waals surface area contributed by atoms with Crippen molar-refractivity contribution in [3.05, 3.63) is 102 Å². The summed E-state index contributed by atoms with van der Waals surface area (Å²) in [6, 6.07) is 17.6. The Balaban J connectivity index is 1.28. The first-order chi connectivity index (χ1) is 19.7. The lowest BCUT2D eigenvalue weighted by molar-refractivity contribution is -0.384. The molecular formula is C29H24IN3O7S. The molecule has 41 heavy (non-hydrogen) atoms. The van der Waals surface area contributed by atoms with Crippen LogP contribution in [-0.4, -0.2) is 52.0 Å². The summed E-state index contributed by atoms with van der Waals surface area (Å²) in [6.45, 7) is 0.767. The van der Waals surface area contributed by atoms with Crippen molar-refractivity contribution in [1.29, 1.82) is 0 Å². The van der Waals surface area contributed by atoms with Gasteiger partial charge in [0.05, 0.1) is 20.5 Å². The van der Waals surface area contributed by atoms with Crippen molar-refractivity contribution in [3.8, 4) is 11.5 Å². The molecule has 3 aromatic rings. The largest absolute Gasteiger partial charge is 0.493 e. The van der Waals surface area contributed by atoms with Gasteiger partial charge < -0.3 is 14.4 Å². The highest BCUT2D eigenvalue weighted by Crippen LogP contribution is 2.38. The highest BCUT2D eigenvalue weighted by molar-refractivity contribution is 14.1. The van der Waals surface area contributed by atoms with E-state index in [1.165, 1.54) is 24.8 Å². The monoisotopic (exact) mass is 685 g/mol. The summed E-state index contributed by atoms with van der Waals surface area (Å²) >= 11 is 2.86. The molecular weight excluding hydrogens is 661 g/mol. The number of methoxy groups -OCH3 is 1. The molecule has 0 spiro atoms. The van der Waals surface area contributed by atoms with Gasteiger partial charge in [-0.25, -0.2) is 0 Å². The summed E-state index contributed by atoms with van der Waals surface area (Å²) in [5, 5.41) is 10.6. The Hall–Kier alpha value is -3.91. The minimum atomic E-state index is -0.522. The number of amides is 3. The van der Waals surface area contributed by atoms with Gasteiger partial charge in [-0.3, -0.25) is 29.4 Å². The standard InChI is InChI=1S/C29H24IN3O7S/c1-39-24-13-19(12-23(30)27(24)40-17-18-5-4-8-22(11-18)33(37)38)14-25-28(35)32(29(36)41-25)16-26(34)31-10-9-20-6-2-3-7-21(20)15-31/h2-8,11-14H,9-10,15-17H2,1H3/b25-14-. The maximum Gasteiger partial charge on any atom is 0.294 e. The number of ether oxygens (including phenoxy) is 2. The zero-order valence-electron chi connectivity index (χ0n) is 21.9. The van der Waals surface area contributed by atoms with Crippen molar-refractivity contribution < 1.29 is 28.8 Å². The van der Waals surface area contributed by atoms with Crippen molar-refractivity contribution in [2.24, 2.45) is 0 Å². The summed E-state index contributed by atoms with van der Waals surface area (Å²) in [4.78, 5) is 52.3. The van der Waals surface area contributed by atoms with Gasteiger partial charge in [-0.2, -0.15) is 0 Å². The summed E-state index contributed by atoms with van der Waals surface area (Å²) in [5.74, 6) is 0.0437. The van der Waals surface area contributed by atoms with Gasteiger partial charge in [0.15, 0.2) is 11.5 Å². The lowest BCUT2D eigenvalue weighted by Gasteiger charge is -2.29. The number of halogens is 1. The molecule has 0 aliphatic carbocycles. The molecule has 0 bridgehead atoms. The molecule has 210 valence electrons. The van der Waals surface area contributed by atoms with Crippen LogP contribution in [0, 0.1) is 13.7 Å². The van der Waals surface area contributed by atoms with E-state index >= 15 is 0 Å². The predicted molar refractivity (Wildman–Crippen MR) is 161 cm³/mol. The number of nitrogens with zero attached hydrogens (tertiary/aromatic N) is 3. The second kappa shape index (κ2) is 12.3. The molecule has 2 aliphatic heterocycles. The number of imide groups is 1. The first-order valence-electron chi connectivity index (χ1n) is 12.6. The van der Waals surface area contributed by atoms with Gasteiger partial charge >= 0.3 is 0 Å². The number of benzene rings is 3. The molecule has 1 fully saturated rings. The van der Waals surface area contributed by atoms with E-state index in [1.54, 1.807) is 35.2 Å². The number of carbonyl (C=O) groups excluding carboxylic acids is 3. The van der Waals surface area contributed by atoms with Crippen LogP contribution in [0.4, 0.5) is 10.5 Å². The van der Waals surface area contributed by atoms with E-state index in [-0.39, 0.29) is 29.7 Å². The Bertz CT molecular complexity index is 1590. The van der Waals surface area contributed by atoms with Crippen molar-refractivity contribution in [2.45, 2.75) is 19.6 Å². The van der Waals surface area contributed by atoms with Crippen LogP contribution in [0.1, 0.15) is 22.3 Å². The minimum absolute atomic E-state index is 0.0278. The van der Waals surface area contributed by atoms with Gasteiger partial charge in [0.1, 0.15) is 13.2 Å². The smallest absolute Gasteiger partial charge is 0.294 e. The van der Waals surface area contributed by atoms with Crippen LogP contribution in [0.2, 0.25) is 0 Å². The van der Waals surface area contributed by atoms with E-state index in [9.17, 15) is 24.5 Å². The summed E-state index contributed by atoms with van der Waals surface area (Å²) in [6.07, 6.45) is 2.32. The highest BCUT2D eigenvalue weighted by atomic mass is 127. The Kier molecular flexibility index (Phi) is 8.59. The SMILES string of the molecule is COc1cc(/C=C2\SC(=O)N(CC(=O)N3CCc4ccccc4C3)C2=O)cc(I)c1OCc1cccc([N+](=O)[O-])c1. The molecule has 0 aromatic heterocycles. The number of nitro groups is 1. The number of hydrogen-bond acceptors (Lipinski definition) is 8. The van der Waals surface area contributed by atoms with Crippen molar-refractivity contribution in [2.75, 3.05) is 20.2 Å². The molecule has 10 nitrogen and oxygen atoms in total. The zero-order valence-corrected chi connectivity index (χ0v) is 24.8. The molecule has 2 heterocycles. The van der Waals surface area contributed by atoms with Gasteiger partial charge in [0, 0.05) is 25.2 Å². The number of non-ortho nitro benzene ring substituents is 1. The van der Waals surface area contributed by atoms with Crippen molar-refractivity contribution in [1.82, 2.24) is 9.80 Å². The molecule has 3 amide bonds. The topological polar surface area (TPSA) is 119 Å². The molecule has 0 saturated carbocycles. The normalized spacial score (nSPS) is 15.7. The Morgan fingerprint density at radius 2 is 1.90 bits per heavy atom. The van der Waals surface area contributed by atoms with Crippen molar-refractivity contribution >= 4 is 63.2 Å². The molecule has 2 aliphatic rings. The van der Waals surface area contributed by atoms with E-state index in [4.69, 9.17) is 9.47 Å². The second-order valence-corrected chi connectivity index (χ2v) is 11.5. The maximum absolute atomic E-state index is 13.1. The second-order valence-electron chi connectivity index (χ2n) is 9.35. The Morgan fingerprint density at radius 1 is 1.12 bits per heavy atom. The Morgan fingerprint density at radius 3 is 2.66 bits per heavy atom. The molecule has 3 aromatic carbocycles. The van der Waals surface area contributed by atoms with Crippen LogP contribution in [-0.2, 0) is 29.2 Å². The molecule has 5 rings (SSSR count). The number of hydrogen-bond donors (Lipinski definition) is 0. The molecule has 0 radical (unpaired) electrons. The lowest BCUT2D eigenvalue weighted by Crippen LogP contribution is -2.44. The van der Waals surface area contributed by atoms with Crippen molar-refractivity contribution in [3.63, 3.8) is 0 Å². The van der Waals surface area contributed by atoms with E-state index in [0.29, 0.717) is 39.3 Å². The van der Waals surface area contributed by atoms with Gasteiger partial charge in [0.2, 0.25) is 5.91 Å². The van der Waals surface area contributed by atoms with Crippen LogP contribution in [0.25, 0.3) is 6.08 Å². The average Bonchev–Trinajstić information content (AvgIpc) is 3.23.